The number of carbonyl (C=O) groups excluding carboxylic acids is 2. The number of pyridine rings is 1. The van der Waals surface area contributed by atoms with Crippen molar-refractivity contribution in [3.05, 3.63) is 70.5 Å². The molecular weight excluding hydrogens is 440 g/mol. The van der Waals surface area contributed by atoms with E-state index in [4.69, 9.17) is 4.74 Å². The van der Waals surface area contributed by atoms with Gasteiger partial charge in [-0.15, -0.1) is 10.2 Å². The summed E-state index contributed by atoms with van der Waals surface area (Å²) >= 11 is 1.21. The van der Waals surface area contributed by atoms with Crippen molar-refractivity contribution in [3.63, 3.8) is 0 Å². The van der Waals surface area contributed by atoms with Crippen LogP contribution in [0.25, 0.3) is 5.76 Å². The number of unbranched alkanes of at least 4 members (excludes halogenated alkanes) is 2. The number of aliphatic hydroxyl groups excluding tert-OH is 1. The molecule has 1 atom stereocenters. The normalized spacial score (nSPS) is 17.5. The van der Waals surface area contributed by atoms with Gasteiger partial charge in [0.15, 0.2) is 0 Å². The van der Waals surface area contributed by atoms with Crippen molar-refractivity contribution in [3.8, 4) is 5.75 Å². The Hall–Kier alpha value is -3.59. The Morgan fingerprint density at radius 1 is 1.15 bits per heavy atom. The van der Waals surface area contributed by atoms with Crippen LogP contribution < -0.4 is 9.64 Å². The lowest BCUT2D eigenvalue weighted by atomic mass is 9.95. The third-order valence-corrected chi connectivity index (χ3v) is 6.15. The van der Waals surface area contributed by atoms with E-state index in [9.17, 15) is 14.7 Å². The molecule has 2 aromatic heterocycles. The number of hydrogen-bond donors (Lipinski definition) is 1. The summed E-state index contributed by atoms with van der Waals surface area (Å²) in [4.78, 5) is 31.5. The molecule has 1 aliphatic rings. The molecule has 1 saturated heterocycles. The van der Waals surface area contributed by atoms with E-state index in [1.807, 2.05) is 12.1 Å². The quantitative estimate of drug-likeness (QED) is 0.227. The molecule has 3 heterocycles. The van der Waals surface area contributed by atoms with E-state index in [0.29, 0.717) is 33.6 Å². The standard InChI is InChI=1S/C24H24N4O4S/c1-3-4-5-13-32-18-8-6-7-17(14-18)20-19(21(29)16-9-11-25-12-10-16)22(30)23(31)28(20)24-27-26-15(2)33-24/h6-12,14,20,29H,3-5,13H2,1-2H3/b21-19+. The highest BCUT2D eigenvalue weighted by Crippen LogP contribution is 2.43. The molecule has 1 N–H and O–H groups in total. The number of anilines is 1. The van der Waals surface area contributed by atoms with E-state index in [0.717, 1.165) is 19.3 Å². The smallest absolute Gasteiger partial charge is 0.301 e. The molecule has 0 bridgehead atoms. The highest BCUT2D eigenvalue weighted by molar-refractivity contribution is 7.15. The van der Waals surface area contributed by atoms with Gasteiger partial charge >= 0.3 is 5.91 Å². The van der Waals surface area contributed by atoms with Gasteiger partial charge in [0.25, 0.3) is 5.78 Å². The second kappa shape index (κ2) is 9.91. The molecule has 0 aliphatic carbocycles. The molecule has 3 aromatic rings. The van der Waals surface area contributed by atoms with Gasteiger partial charge in [0, 0.05) is 18.0 Å². The van der Waals surface area contributed by atoms with Gasteiger partial charge in [0.1, 0.15) is 16.5 Å². The maximum Gasteiger partial charge on any atom is 0.301 e. The minimum Gasteiger partial charge on any atom is -0.507 e. The van der Waals surface area contributed by atoms with Crippen molar-refractivity contribution >= 4 is 33.9 Å². The number of ether oxygens (including phenoxy) is 1. The summed E-state index contributed by atoms with van der Waals surface area (Å²) in [6, 6.07) is 9.54. The van der Waals surface area contributed by atoms with Gasteiger partial charge in [-0.25, -0.2) is 0 Å². The van der Waals surface area contributed by atoms with Crippen LogP contribution in [-0.4, -0.2) is 38.6 Å². The molecule has 33 heavy (non-hydrogen) atoms. The van der Waals surface area contributed by atoms with E-state index in [1.165, 1.54) is 28.6 Å². The number of hydrogen-bond acceptors (Lipinski definition) is 8. The first-order valence-corrected chi connectivity index (χ1v) is 11.6. The van der Waals surface area contributed by atoms with Crippen LogP contribution in [0.3, 0.4) is 0 Å². The number of amides is 1. The van der Waals surface area contributed by atoms with E-state index in [2.05, 4.69) is 22.1 Å². The molecule has 8 nitrogen and oxygen atoms in total. The van der Waals surface area contributed by atoms with Crippen LogP contribution >= 0.6 is 11.3 Å². The van der Waals surface area contributed by atoms with Crippen molar-refractivity contribution in [2.24, 2.45) is 0 Å². The molecule has 0 radical (unpaired) electrons. The first-order valence-electron chi connectivity index (χ1n) is 10.8. The fourth-order valence-corrected chi connectivity index (χ4v) is 4.42. The third-order valence-electron chi connectivity index (χ3n) is 5.31. The van der Waals surface area contributed by atoms with E-state index < -0.39 is 17.7 Å². The summed E-state index contributed by atoms with van der Waals surface area (Å²) in [5.41, 5.74) is 1.02. The van der Waals surface area contributed by atoms with Gasteiger partial charge < -0.3 is 9.84 Å². The molecule has 1 aliphatic heterocycles. The number of carbonyl (C=O) groups is 2. The lowest BCUT2D eigenvalue weighted by Crippen LogP contribution is -2.29. The molecule has 1 aromatic carbocycles. The van der Waals surface area contributed by atoms with Crippen LogP contribution in [0.1, 0.15) is 48.4 Å². The fourth-order valence-electron chi connectivity index (χ4n) is 3.71. The van der Waals surface area contributed by atoms with Gasteiger partial charge in [-0.2, -0.15) is 0 Å². The predicted octanol–water partition coefficient (Wildman–Crippen LogP) is 4.44. The summed E-state index contributed by atoms with van der Waals surface area (Å²) in [6.45, 7) is 4.47. The number of aromatic nitrogens is 3. The van der Waals surface area contributed by atoms with Crippen LogP contribution in [0, 0.1) is 6.92 Å². The number of aryl methyl sites for hydroxylation is 1. The van der Waals surface area contributed by atoms with E-state index in [1.54, 1.807) is 31.2 Å². The Balaban J connectivity index is 1.81. The molecule has 9 heteroatoms. The van der Waals surface area contributed by atoms with Gasteiger partial charge in [-0.1, -0.05) is 43.2 Å². The molecule has 1 fully saturated rings. The van der Waals surface area contributed by atoms with Crippen LogP contribution in [-0.2, 0) is 9.59 Å². The van der Waals surface area contributed by atoms with Crippen LogP contribution in [0.2, 0.25) is 0 Å². The number of nitrogens with zero attached hydrogens (tertiary/aromatic N) is 4. The van der Waals surface area contributed by atoms with Gasteiger partial charge in [-0.05, 0) is 43.2 Å². The minimum atomic E-state index is -0.871. The molecular formula is C24H24N4O4S. The Kier molecular flexibility index (Phi) is 6.79. The number of rotatable bonds is 8. The van der Waals surface area contributed by atoms with Crippen molar-refractivity contribution in [2.75, 3.05) is 11.5 Å². The van der Waals surface area contributed by atoms with Crippen molar-refractivity contribution in [1.29, 1.82) is 0 Å². The molecule has 4 rings (SSSR count). The van der Waals surface area contributed by atoms with Crippen LogP contribution in [0.5, 0.6) is 5.75 Å². The van der Waals surface area contributed by atoms with Crippen molar-refractivity contribution in [2.45, 2.75) is 39.2 Å². The monoisotopic (exact) mass is 464 g/mol. The van der Waals surface area contributed by atoms with Crippen LogP contribution in [0.4, 0.5) is 5.13 Å². The second-order valence-corrected chi connectivity index (χ2v) is 8.80. The fraction of sp³-hybridized carbons (Fsp3) is 0.292. The predicted molar refractivity (Wildman–Crippen MR) is 125 cm³/mol. The highest BCUT2D eigenvalue weighted by Gasteiger charge is 2.48. The van der Waals surface area contributed by atoms with Crippen molar-refractivity contribution < 1.29 is 19.4 Å². The molecule has 1 unspecified atom stereocenters. The largest absolute Gasteiger partial charge is 0.507 e. The van der Waals surface area contributed by atoms with Gasteiger partial charge in [0.2, 0.25) is 5.13 Å². The maximum absolute atomic E-state index is 13.1. The molecule has 0 saturated carbocycles. The molecule has 0 spiro atoms. The lowest BCUT2D eigenvalue weighted by molar-refractivity contribution is -0.132. The summed E-state index contributed by atoms with van der Waals surface area (Å²) in [6.07, 6.45) is 6.12. The number of benzene rings is 1. The van der Waals surface area contributed by atoms with Crippen LogP contribution in [0.15, 0.2) is 54.4 Å². The summed E-state index contributed by atoms with van der Waals surface area (Å²) in [7, 11) is 0. The number of aliphatic hydroxyl groups is 1. The first kappa shape index (κ1) is 22.6. The third kappa shape index (κ3) is 4.63. The number of Topliss-reactive ketones (excluding diaryl/α,β-unsaturated/α-hetero) is 1. The second-order valence-electron chi connectivity index (χ2n) is 7.64. The Morgan fingerprint density at radius 3 is 2.64 bits per heavy atom. The van der Waals surface area contributed by atoms with Crippen molar-refractivity contribution in [1.82, 2.24) is 15.2 Å². The zero-order valence-electron chi connectivity index (χ0n) is 18.4. The van der Waals surface area contributed by atoms with E-state index >= 15 is 0 Å². The summed E-state index contributed by atoms with van der Waals surface area (Å²) in [5, 5.41) is 20.1. The first-order chi connectivity index (χ1) is 16.0. The average Bonchev–Trinajstić information content (AvgIpc) is 3.37. The maximum atomic E-state index is 13.1. The topological polar surface area (TPSA) is 106 Å². The Morgan fingerprint density at radius 2 is 1.94 bits per heavy atom. The van der Waals surface area contributed by atoms with Gasteiger partial charge in [-0.3, -0.25) is 19.5 Å². The average molecular weight is 465 g/mol. The molecule has 170 valence electrons. The zero-order chi connectivity index (χ0) is 23.4. The van der Waals surface area contributed by atoms with Gasteiger partial charge in [0.05, 0.1) is 18.2 Å². The van der Waals surface area contributed by atoms with E-state index in [-0.39, 0.29) is 11.3 Å². The Labute approximate surface area is 195 Å². The highest BCUT2D eigenvalue weighted by atomic mass is 32.1. The Bertz CT molecular complexity index is 1190. The minimum absolute atomic E-state index is 0.0119. The number of ketones is 1. The lowest BCUT2D eigenvalue weighted by Gasteiger charge is -2.23. The molecule has 1 amide bonds. The SMILES string of the molecule is CCCCCOc1cccc(C2/C(=C(\O)c3ccncc3)C(=O)C(=O)N2c2nnc(C)s2)c1. The zero-order valence-corrected chi connectivity index (χ0v) is 19.2. The summed E-state index contributed by atoms with van der Waals surface area (Å²) < 4.78 is 5.89. The summed E-state index contributed by atoms with van der Waals surface area (Å²) in [5.74, 6) is -1.18.